The van der Waals surface area contributed by atoms with Crippen molar-refractivity contribution in [1.82, 2.24) is 0 Å². The average molecular weight is 187 g/mol. The summed E-state index contributed by atoms with van der Waals surface area (Å²) < 4.78 is 0. The summed E-state index contributed by atoms with van der Waals surface area (Å²) in [5.74, 6) is 0.624. The van der Waals surface area contributed by atoms with Crippen molar-refractivity contribution in [3.8, 4) is 0 Å². The first-order valence-electron chi connectivity index (χ1n) is 5.60. The molecule has 1 aromatic rings. The minimum absolute atomic E-state index is 0.403. The van der Waals surface area contributed by atoms with Crippen LogP contribution in [-0.2, 0) is 0 Å². The summed E-state index contributed by atoms with van der Waals surface area (Å²) in [6.07, 6.45) is 5.43. The lowest BCUT2D eigenvalue weighted by Crippen LogP contribution is -2.22. The standard InChI is InChI=1S/C13H17N/c14-12-9-13(6-7-13)8-11(12)10-4-2-1-3-5-10/h1-5,11-12H,6-9,14H2/t11-,12+/m0/s1. The van der Waals surface area contributed by atoms with E-state index in [1.54, 1.807) is 0 Å². The van der Waals surface area contributed by atoms with E-state index in [-0.39, 0.29) is 0 Å². The van der Waals surface area contributed by atoms with E-state index < -0.39 is 0 Å². The molecule has 0 aromatic heterocycles. The molecule has 0 amide bonds. The van der Waals surface area contributed by atoms with Crippen molar-refractivity contribution >= 4 is 0 Å². The fourth-order valence-electron chi connectivity index (χ4n) is 2.99. The Morgan fingerprint density at radius 3 is 2.36 bits per heavy atom. The van der Waals surface area contributed by atoms with Gasteiger partial charge in [-0.05, 0) is 42.6 Å². The third-order valence-electron chi connectivity index (χ3n) is 4.02. The summed E-state index contributed by atoms with van der Waals surface area (Å²) >= 11 is 0. The first-order chi connectivity index (χ1) is 6.79. The molecular formula is C13H17N. The SMILES string of the molecule is N[C@@H]1CC2(CC2)C[C@H]1c1ccccc1. The molecule has 0 aliphatic heterocycles. The Kier molecular flexibility index (Phi) is 1.72. The zero-order chi connectivity index (χ0) is 9.60. The number of nitrogens with two attached hydrogens (primary N) is 1. The summed E-state index contributed by atoms with van der Waals surface area (Å²) in [5.41, 5.74) is 8.34. The average Bonchev–Trinajstić information content (AvgIpc) is 2.86. The molecule has 2 fully saturated rings. The van der Waals surface area contributed by atoms with E-state index in [0.717, 1.165) is 0 Å². The van der Waals surface area contributed by atoms with Crippen LogP contribution in [-0.4, -0.2) is 6.04 Å². The van der Waals surface area contributed by atoms with Gasteiger partial charge in [-0.2, -0.15) is 0 Å². The molecule has 2 saturated carbocycles. The van der Waals surface area contributed by atoms with E-state index in [0.29, 0.717) is 17.4 Å². The van der Waals surface area contributed by atoms with Crippen LogP contribution in [0.3, 0.4) is 0 Å². The van der Waals surface area contributed by atoms with Crippen LogP contribution in [0.4, 0.5) is 0 Å². The summed E-state index contributed by atoms with van der Waals surface area (Å²) in [7, 11) is 0. The molecule has 0 unspecified atom stereocenters. The maximum atomic E-state index is 6.23. The molecule has 3 rings (SSSR count). The van der Waals surface area contributed by atoms with E-state index >= 15 is 0 Å². The zero-order valence-corrected chi connectivity index (χ0v) is 8.45. The van der Waals surface area contributed by atoms with Gasteiger partial charge in [0.1, 0.15) is 0 Å². The van der Waals surface area contributed by atoms with Crippen LogP contribution < -0.4 is 5.73 Å². The monoisotopic (exact) mass is 187 g/mol. The van der Waals surface area contributed by atoms with Gasteiger partial charge in [-0.15, -0.1) is 0 Å². The topological polar surface area (TPSA) is 26.0 Å². The number of hydrogen-bond donors (Lipinski definition) is 1. The van der Waals surface area contributed by atoms with Gasteiger partial charge in [-0.3, -0.25) is 0 Å². The predicted octanol–water partition coefficient (Wildman–Crippen LogP) is 2.67. The van der Waals surface area contributed by atoms with Crippen LogP contribution in [0.2, 0.25) is 0 Å². The predicted molar refractivity (Wildman–Crippen MR) is 58.1 cm³/mol. The molecule has 0 radical (unpaired) electrons. The van der Waals surface area contributed by atoms with Crippen LogP contribution >= 0.6 is 0 Å². The summed E-state index contributed by atoms with van der Waals surface area (Å²) in [6, 6.07) is 11.2. The largest absolute Gasteiger partial charge is 0.327 e. The van der Waals surface area contributed by atoms with Crippen molar-refractivity contribution in [3.63, 3.8) is 0 Å². The molecule has 2 N–H and O–H groups in total. The molecule has 2 atom stereocenters. The third-order valence-corrected chi connectivity index (χ3v) is 4.02. The zero-order valence-electron chi connectivity index (χ0n) is 8.45. The highest BCUT2D eigenvalue weighted by Gasteiger charge is 2.51. The van der Waals surface area contributed by atoms with Crippen LogP contribution in [0.1, 0.15) is 37.2 Å². The smallest absolute Gasteiger partial charge is 0.0113 e. The highest BCUT2D eigenvalue weighted by molar-refractivity contribution is 5.25. The van der Waals surface area contributed by atoms with E-state index in [4.69, 9.17) is 5.73 Å². The van der Waals surface area contributed by atoms with Crippen LogP contribution in [0.5, 0.6) is 0 Å². The van der Waals surface area contributed by atoms with E-state index in [2.05, 4.69) is 30.3 Å². The molecule has 2 aliphatic rings. The number of hydrogen-bond acceptors (Lipinski definition) is 1. The second-order valence-electron chi connectivity index (χ2n) is 5.09. The van der Waals surface area contributed by atoms with Crippen molar-refractivity contribution in [2.45, 2.75) is 37.6 Å². The van der Waals surface area contributed by atoms with Crippen molar-refractivity contribution in [3.05, 3.63) is 35.9 Å². The normalized spacial score (nSPS) is 33.5. The van der Waals surface area contributed by atoms with Crippen molar-refractivity contribution in [2.24, 2.45) is 11.1 Å². The van der Waals surface area contributed by atoms with Crippen LogP contribution in [0, 0.1) is 5.41 Å². The number of rotatable bonds is 1. The first-order valence-corrected chi connectivity index (χ1v) is 5.60. The van der Waals surface area contributed by atoms with Gasteiger partial charge in [0.15, 0.2) is 0 Å². The van der Waals surface area contributed by atoms with Gasteiger partial charge in [-0.25, -0.2) is 0 Å². The van der Waals surface area contributed by atoms with E-state index in [1.807, 2.05) is 0 Å². The Balaban J connectivity index is 1.86. The molecule has 2 aliphatic carbocycles. The Labute approximate surface area is 85.3 Å². The van der Waals surface area contributed by atoms with Gasteiger partial charge in [-0.1, -0.05) is 30.3 Å². The maximum Gasteiger partial charge on any atom is 0.0113 e. The quantitative estimate of drug-likeness (QED) is 0.718. The molecule has 14 heavy (non-hydrogen) atoms. The molecule has 1 spiro atoms. The Morgan fingerprint density at radius 2 is 1.79 bits per heavy atom. The van der Waals surface area contributed by atoms with Gasteiger partial charge in [0.25, 0.3) is 0 Å². The lowest BCUT2D eigenvalue weighted by Gasteiger charge is -2.14. The first kappa shape index (κ1) is 8.49. The molecule has 0 saturated heterocycles. The molecule has 1 nitrogen and oxygen atoms in total. The molecular weight excluding hydrogens is 170 g/mol. The van der Waals surface area contributed by atoms with Crippen LogP contribution in [0.25, 0.3) is 0 Å². The Morgan fingerprint density at radius 1 is 1.07 bits per heavy atom. The van der Waals surface area contributed by atoms with Gasteiger partial charge >= 0.3 is 0 Å². The van der Waals surface area contributed by atoms with Gasteiger partial charge in [0, 0.05) is 6.04 Å². The fourth-order valence-corrected chi connectivity index (χ4v) is 2.99. The van der Waals surface area contributed by atoms with Crippen molar-refractivity contribution < 1.29 is 0 Å². The van der Waals surface area contributed by atoms with Crippen molar-refractivity contribution in [2.75, 3.05) is 0 Å². The fraction of sp³-hybridized carbons (Fsp3) is 0.538. The molecule has 1 heteroatoms. The van der Waals surface area contributed by atoms with Crippen LogP contribution in [0.15, 0.2) is 30.3 Å². The number of benzene rings is 1. The van der Waals surface area contributed by atoms with Crippen molar-refractivity contribution in [1.29, 1.82) is 0 Å². The van der Waals surface area contributed by atoms with E-state index in [9.17, 15) is 0 Å². The second-order valence-corrected chi connectivity index (χ2v) is 5.09. The minimum atomic E-state index is 0.403. The van der Waals surface area contributed by atoms with Gasteiger partial charge < -0.3 is 5.73 Å². The lowest BCUT2D eigenvalue weighted by atomic mass is 9.94. The highest BCUT2D eigenvalue weighted by atomic mass is 14.7. The maximum absolute atomic E-state index is 6.23. The molecule has 74 valence electrons. The van der Waals surface area contributed by atoms with Gasteiger partial charge in [0.05, 0.1) is 0 Å². The summed E-state index contributed by atoms with van der Waals surface area (Å²) in [6.45, 7) is 0. The van der Waals surface area contributed by atoms with E-state index in [1.165, 1.54) is 31.2 Å². The summed E-state index contributed by atoms with van der Waals surface area (Å²) in [5, 5.41) is 0. The minimum Gasteiger partial charge on any atom is -0.327 e. The highest BCUT2D eigenvalue weighted by Crippen LogP contribution is 2.61. The Bertz CT molecular complexity index is 326. The molecule has 0 bridgehead atoms. The second kappa shape index (κ2) is 2.83. The molecule has 0 heterocycles. The lowest BCUT2D eigenvalue weighted by molar-refractivity contribution is 0.520. The molecule has 1 aromatic carbocycles. The Hall–Kier alpha value is -0.820. The third kappa shape index (κ3) is 1.27. The summed E-state index contributed by atoms with van der Waals surface area (Å²) in [4.78, 5) is 0. The van der Waals surface area contributed by atoms with Gasteiger partial charge in [0.2, 0.25) is 0 Å².